The van der Waals surface area contributed by atoms with Crippen LogP contribution in [0.25, 0.3) is 17.1 Å². The first-order chi connectivity index (χ1) is 14.8. The van der Waals surface area contributed by atoms with Crippen molar-refractivity contribution in [1.82, 2.24) is 14.8 Å². The van der Waals surface area contributed by atoms with Crippen LogP contribution in [-0.2, 0) is 0 Å². The minimum absolute atomic E-state index is 0.562. The molecule has 5 nitrogen and oxygen atoms in total. The highest BCUT2D eigenvalue weighted by molar-refractivity contribution is 9.10. The Morgan fingerprint density at radius 1 is 0.933 bits per heavy atom. The molecular formula is C23H20BrN3O2S. The Labute approximate surface area is 188 Å². The van der Waals surface area contributed by atoms with Gasteiger partial charge < -0.3 is 9.47 Å². The molecular weight excluding hydrogens is 462 g/mol. The molecule has 7 heteroatoms. The highest BCUT2D eigenvalue weighted by Gasteiger charge is 2.18. The van der Waals surface area contributed by atoms with E-state index in [2.05, 4.69) is 30.7 Å². The SMILES string of the molecule is COc1ccccc1-c1nnc(SCCOc2cccc(Br)c2)n1-c1ccccc1. The first kappa shape index (κ1) is 20.5. The minimum atomic E-state index is 0.562. The van der Waals surface area contributed by atoms with E-state index in [1.165, 1.54) is 0 Å². The van der Waals surface area contributed by atoms with Crippen molar-refractivity contribution in [2.75, 3.05) is 19.5 Å². The molecule has 0 aliphatic carbocycles. The quantitative estimate of drug-likeness (QED) is 0.232. The van der Waals surface area contributed by atoms with Crippen LogP contribution >= 0.6 is 27.7 Å². The maximum absolute atomic E-state index is 5.85. The molecule has 152 valence electrons. The summed E-state index contributed by atoms with van der Waals surface area (Å²) in [5, 5.41) is 9.75. The molecule has 1 heterocycles. The van der Waals surface area contributed by atoms with Crippen LogP contribution < -0.4 is 9.47 Å². The van der Waals surface area contributed by atoms with Gasteiger partial charge in [0.2, 0.25) is 0 Å². The Kier molecular flexibility index (Phi) is 6.71. The Morgan fingerprint density at radius 2 is 1.73 bits per heavy atom. The van der Waals surface area contributed by atoms with Crippen LogP contribution in [0.5, 0.6) is 11.5 Å². The lowest BCUT2D eigenvalue weighted by Gasteiger charge is -2.12. The molecule has 0 saturated heterocycles. The molecule has 0 unspecified atom stereocenters. The minimum Gasteiger partial charge on any atom is -0.496 e. The number of hydrogen-bond donors (Lipinski definition) is 0. The molecule has 0 fully saturated rings. The number of ether oxygens (including phenoxy) is 2. The van der Waals surface area contributed by atoms with Gasteiger partial charge in [-0.2, -0.15) is 0 Å². The molecule has 1 aromatic heterocycles. The van der Waals surface area contributed by atoms with E-state index >= 15 is 0 Å². The summed E-state index contributed by atoms with van der Waals surface area (Å²) in [4.78, 5) is 0. The van der Waals surface area contributed by atoms with Crippen molar-refractivity contribution in [1.29, 1.82) is 0 Å². The highest BCUT2D eigenvalue weighted by atomic mass is 79.9. The van der Waals surface area contributed by atoms with Gasteiger partial charge in [-0.1, -0.05) is 64.1 Å². The molecule has 0 aliphatic rings. The maximum Gasteiger partial charge on any atom is 0.196 e. The van der Waals surface area contributed by atoms with E-state index in [4.69, 9.17) is 9.47 Å². The molecule has 0 spiro atoms. The number of rotatable bonds is 8. The van der Waals surface area contributed by atoms with Gasteiger partial charge >= 0.3 is 0 Å². The number of methoxy groups -OCH3 is 1. The number of halogens is 1. The summed E-state index contributed by atoms with van der Waals surface area (Å²) in [7, 11) is 1.66. The molecule has 0 saturated carbocycles. The lowest BCUT2D eigenvalue weighted by Crippen LogP contribution is -2.04. The van der Waals surface area contributed by atoms with E-state index in [0.29, 0.717) is 6.61 Å². The number of para-hydroxylation sites is 2. The first-order valence-electron chi connectivity index (χ1n) is 9.41. The summed E-state index contributed by atoms with van der Waals surface area (Å²) >= 11 is 5.07. The summed E-state index contributed by atoms with van der Waals surface area (Å²) in [6, 6.07) is 25.8. The highest BCUT2D eigenvalue weighted by Crippen LogP contribution is 2.33. The average molecular weight is 482 g/mol. The lowest BCUT2D eigenvalue weighted by molar-refractivity contribution is 0.343. The summed E-state index contributed by atoms with van der Waals surface area (Å²) in [5.41, 5.74) is 1.90. The average Bonchev–Trinajstić information content (AvgIpc) is 3.21. The molecule has 30 heavy (non-hydrogen) atoms. The third-order valence-electron chi connectivity index (χ3n) is 4.37. The van der Waals surface area contributed by atoms with Gasteiger partial charge in [-0.3, -0.25) is 4.57 Å². The fourth-order valence-corrected chi connectivity index (χ4v) is 4.17. The normalized spacial score (nSPS) is 10.7. The first-order valence-corrected chi connectivity index (χ1v) is 11.2. The smallest absolute Gasteiger partial charge is 0.196 e. The van der Waals surface area contributed by atoms with Gasteiger partial charge in [0.05, 0.1) is 19.3 Å². The fourth-order valence-electron chi connectivity index (χ4n) is 3.03. The molecule has 4 rings (SSSR count). The van der Waals surface area contributed by atoms with Crippen LogP contribution in [0.2, 0.25) is 0 Å². The second kappa shape index (κ2) is 9.82. The van der Waals surface area contributed by atoms with Crippen molar-refractivity contribution in [3.05, 3.63) is 83.3 Å². The van der Waals surface area contributed by atoms with Crippen molar-refractivity contribution in [3.8, 4) is 28.6 Å². The second-order valence-corrected chi connectivity index (χ2v) is 8.31. The van der Waals surface area contributed by atoms with Gasteiger partial charge in [0.1, 0.15) is 11.5 Å². The van der Waals surface area contributed by atoms with Crippen molar-refractivity contribution in [2.45, 2.75) is 5.16 Å². The number of benzene rings is 3. The van der Waals surface area contributed by atoms with Crippen molar-refractivity contribution < 1.29 is 9.47 Å². The summed E-state index contributed by atoms with van der Waals surface area (Å²) < 4.78 is 14.5. The molecule has 4 aromatic rings. The summed E-state index contributed by atoms with van der Waals surface area (Å²) in [6.45, 7) is 0.562. The van der Waals surface area contributed by atoms with Crippen LogP contribution in [0, 0.1) is 0 Å². The lowest BCUT2D eigenvalue weighted by atomic mass is 10.2. The van der Waals surface area contributed by atoms with Crippen LogP contribution in [0.3, 0.4) is 0 Å². The molecule has 0 N–H and O–H groups in total. The van der Waals surface area contributed by atoms with E-state index in [0.717, 1.165) is 44.0 Å². The van der Waals surface area contributed by atoms with E-state index in [1.54, 1.807) is 18.9 Å². The van der Waals surface area contributed by atoms with E-state index < -0.39 is 0 Å². The standard InChI is InChI=1S/C23H20BrN3O2S/c1-28-21-13-6-5-12-20(21)22-25-26-23(27(22)18-9-3-2-4-10-18)30-15-14-29-19-11-7-8-17(24)16-19/h2-13,16H,14-15H2,1H3. The molecule has 0 atom stereocenters. The zero-order valence-electron chi connectivity index (χ0n) is 16.4. The molecule has 0 radical (unpaired) electrons. The van der Waals surface area contributed by atoms with Crippen LogP contribution in [0.4, 0.5) is 0 Å². The second-order valence-electron chi connectivity index (χ2n) is 6.33. The van der Waals surface area contributed by atoms with Gasteiger partial charge in [0.25, 0.3) is 0 Å². The fraction of sp³-hybridized carbons (Fsp3) is 0.130. The third-order valence-corrected chi connectivity index (χ3v) is 5.76. The Balaban J connectivity index is 1.58. The van der Waals surface area contributed by atoms with E-state index in [-0.39, 0.29) is 0 Å². The zero-order valence-corrected chi connectivity index (χ0v) is 18.8. The van der Waals surface area contributed by atoms with Crippen LogP contribution in [0.1, 0.15) is 0 Å². The van der Waals surface area contributed by atoms with E-state index in [1.807, 2.05) is 78.9 Å². The third kappa shape index (κ3) is 4.68. The number of hydrogen-bond acceptors (Lipinski definition) is 5. The number of thioether (sulfide) groups is 1. The van der Waals surface area contributed by atoms with E-state index in [9.17, 15) is 0 Å². The number of nitrogens with zero attached hydrogens (tertiary/aromatic N) is 3. The summed E-state index contributed by atoms with van der Waals surface area (Å²) in [6.07, 6.45) is 0. The monoisotopic (exact) mass is 481 g/mol. The van der Waals surface area contributed by atoms with Crippen molar-refractivity contribution in [3.63, 3.8) is 0 Å². The topological polar surface area (TPSA) is 49.2 Å². The van der Waals surface area contributed by atoms with Crippen LogP contribution in [0.15, 0.2) is 88.5 Å². The van der Waals surface area contributed by atoms with Crippen molar-refractivity contribution in [2.24, 2.45) is 0 Å². The Hall–Kier alpha value is -2.77. The molecule has 0 aliphatic heterocycles. The zero-order chi connectivity index (χ0) is 20.8. The Bertz CT molecular complexity index is 1120. The van der Waals surface area contributed by atoms with Gasteiger partial charge in [0.15, 0.2) is 11.0 Å². The van der Waals surface area contributed by atoms with Crippen LogP contribution in [-0.4, -0.2) is 34.2 Å². The Morgan fingerprint density at radius 3 is 2.53 bits per heavy atom. The van der Waals surface area contributed by atoms with Gasteiger partial charge in [-0.15, -0.1) is 10.2 Å². The predicted octanol–water partition coefficient (Wildman–Crippen LogP) is 5.88. The van der Waals surface area contributed by atoms with Gasteiger partial charge in [-0.05, 0) is 42.5 Å². The van der Waals surface area contributed by atoms with Gasteiger partial charge in [0, 0.05) is 15.9 Å². The van der Waals surface area contributed by atoms with Crippen molar-refractivity contribution >= 4 is 27.7 Å². The number of aromatic nitrogens is 3. The largest absolute Gasteiger partial charge is 0.496 e. The summed E-state index contributed by atoms with van der Waals surface area (Å²) in [5.74, 6) is 3.08. The molecule has 0 amide bonds. The molecule has 0 bridgehead atoms. The predicted molar refractivity (Wildman–Crippen MR) is 124 cm³/mol. The molecule has 3 aromatic carbocycles. The maximum atomic E-state index is 5.85. The van der Waals surface area contributed by atoms with Gasteiger partial charge in [-0.25, -0.2) is 0 Å².